The van der Waals surface area contributed by atoms with Gasteiger partial charge in [-0.3, -0.25) is 9.10 Å². The van der Waals surface area contributed by atoms with Crippen LogP contribution in [0.15, 0.2) is 24.3 Å². The third kappa shape index (κ3) is 3.51. The Hall–Kier alpha value is -1.48. The fourth-order valence-electron chi connectivity index (χ4n) is 1.17. The van der Waals surface area contributed by atoms with E-state index in [0.29, 0.717) is 0 Å². The molecular weight excluding hydrogens is 311 g/mol. The third-order valence-corrected chi connectivity index (χ3v) is 3.73. The van der Waals surface area contributed by atoms with E-state index >= 15 is 0 Å². The Morgan fingerprint density at radius 1 is 1.26 bits per heavy atom. The van der Waals surface area contributed by atoms with Crippen LogP contribution in [0.2, 0.25) is 5.02 Å². The molecule has 10 heteroatoms. The van der Waals surface area contributed by atoms with Gasteiger partial charge >= 0.3 is 21.5 Å². The van der Waals surface area contributed by atoms with Gasteiger partial charge in [-0.1, -0.05) is 11.6 Å². The fraction of sp³-hybridized carbons (Fsp3) is 0.222. The summed E-state index contributed by atoms with van der Waals surface area (Å²) in [7, 11) is -5.79. The summed E-state index contributed by atoms with van der Waals surface area (Å²) in [4.78, 5) is 10.5. The van der Waals surface area contributed by atoms with E-state index in [4.69, 9.17) is 16.7 Å². The molecule has 1 aromatic rings. The number of sulfonamides is 1. The summed E-state index contributed by atoms with van der Waals surface area (Å²) in [5.41, 5.74) is -6.04. The molecule has 0 fully saturated rings. The number of hydrogen-bond acceptors (Lipinski definition) is 3. The van der Waals surface area contributed by atoms with Gasteiger partial charge in [0.25, 0.3) is 0 Å². The van der Waals surface area contributed by atoms with Gasteiger partial charge in [-0.15, -0.1) is 0 Å². The summed E-state index contributed by atoms with van der Waals surface area (Å²) in [6, 6.07) is 4.26. The van der Waals surface area contributed by atoms with Crippen molar-refractivity contribution in [1.82, 2.24) is 0 Å². The van der Waals surface area contributed by atoms with Gasteiger partial charge in [-0.2, -0.15) is 21.6 Å². The summed E-state index contributed by atoms with van der Waals surface area (Å²) < 4.78 is 59.7. The number of hydrogen-bond donors (Lipinski definition) is 1. The molecule has 0 unspecified atom stereocenters. The summed E-state index contributed by atoms with van der Waals surface area (Å²) in [5, 5.41) is 8.70. The van der Waals surface area contributed by atoms with Crippen molar-refractivity contribution in [3.8, 4) is 0 Å². The SMILES string of the molecule is O=C(O)CN(c1ccc(Cl)cc1)S(=O)(=O)C(F)(F)F. The van der Waals surface area contributed by atoms with Gasteiger partial charge < -0.3 is 5.11 Å². The second-order valence-corrected chi connectivity index (χ2v) is 5.62. The lowest BCUT2D eigenvalue weighted by atomic mass is 10.3. The normalized spacial score (nSPS) is 12.2. The van der Waals surface area contributed by atoms with Crippen molar-refractivity contribution in [3.05, 3.63) is 29.3 Å². The number of anilines is 1. The lowest BCUT2D eigenvalue weighted by molar-refractivity contribution is -0.135. The highest BCUT2D eigenvalue weighted by Crippen LogP contribution is 2.31. The zero-order chi connectivity index (χ0) is 14.8. The van der Waals surface area contributed by atoms with Crippen LogP contribution < -0.4 is 4.31 Å². The number of carboxylic acids is 1. The Morgan fingerprint density at radius 2 is 1.74 bits per heavy atom. The third-order valence-electron chi connectivity index (χ3n) is 1.98. The van der Waals surface area contributed by atoms with E-state index in [2.05, 4.69) is 0 Å². The zero-order valence-electron chi connectivity index (χ0n) is 9.06. The van der Waals surface area contributed by atoms with Gasteiger partial charge in [-0.25, -0.2) is 0 Å². The molecule has 0 saturated carbocycles. The number of halogens is 4. The van der Waals surface area contributed by atoms with Gasteiger partial charge in [0, 0.05) is 5.02 Å². The number of nitrogens with zero attached hydrogens (tertiary/aromatic N) is 1. The van der Waals surface area contributed by atoms with E-state index in [1.807, 2.05) is 0 Å². The summed E-state index contributed by atoms with van der Waals surface area (Å²) >= 11 is 5.52. The fourth-order valence-corrected chi connectivity index (χ4v) is 2.23. The molecule has 0 radical (unpaired) electrons. The van der Waals surface area contributed by atoms with E-state index in [9.17, 15) is 26.4 Å². The number of carbonyl (C=O) groups is 1. The Balaban J connectivity index is 3.31. The van der Waals surface area contributed by atoms with Crippen LogP contribution in [0.25, 0.3) is 0 Å². The molecule has 1 N–H and O–H groups in total. The second-order valence-electron chi connectivity index (χ2n) is 3.33. The van der Waals surface area contributed by atoms with E-state index in [1.54, 1.807) is 0 Å². The van der Waals surface area contributed by atoms with Gasteiger partial charge in [0.1, 0.15) is 6.54 Å². The van der Waals surface area contributed by atoms with Crippen molar-refractivity contribution in [3.63, 3.8) is 0 Å². The molecular formula is C9H7ClF3NO4S. The topological polar surface area (TPSA) is 74.7 Å². The largest absolute Gasteiger partial charge is 0.516 e. The Labute approximate surface area is 111 Å². The summed E-state index contributed by atoms with van der Waals surface area (Å²) in [5.74, 6) is -1.72. The van der Waals surface area contributed by atoms with Crippen LogP contribution in [0.1, 0.15) is 0 Å². The molecule has 106 valence electrons. The number of carboxylic acid groups (broad SMARTS) is 1. The van der Waals surface area contributed by atoms with Crippen molar-refractivity contribution >= 4 is 33.3 Å². The lowest BCUT2D eigenvalue weighted by Crippen LogP contribution is -2.43. The second kappa shape index (κ2) is 5.25. The molecule has 0 aromatic heterocycles. The molecule has 1 rings (SSSR count). The minimum Gasteiger partial charge on any atom is -0.480 e. The highest BCUT2D eigenvalue weighted by Gasteiger charge is 2.50. The van der Waals surface area contributed by atoms with Gasteiger partial charge in [-0.05, 0) is 24.3 Å². The molecule has 0 amide bonds. The maximum absolute atomic E-state index is 12.5. The van der Waals surface area contributed by atoms with Crippen molar-refractivity contribution in [1.29, 1.82) is 0 Å². The van der Waals surface area contributed by atoms with Gasteiger partial charge in [0.15, 0.2) is 0 Å². The minimum atomic E-state index is -5.79. The number of rotatable bonds is 4. The quantitative estimate of drug-likeness (QED) is 0.922. The zero-order valence-corrected chi connectivity index (χ0v) is 10.6. The molecule has 0 aliphatic carbocycles. The highest BCUT2D eigenvalue weighted by atomic mass is 35.5. The van der Waals surface area contributed by atoms with E-state index < -0.39 is 33.7 Å². The first-order chi connectivity index (χ1) is 8.55. The standard InChI is InChI=1S/C9H7ClF3NO4S/c10-6-1-3-7(4-2-6)14(5-8(15)16)19(17,18)9(11,12)13/h1-4H,5H2,(H,15,16). The minimum absolute atomic E-state index is 0.170. The van der Waals surface area contributed by atoms with Crippen LogP contribution in [0.4, 0.5) is 18.9 Å². The van der Waals surface area contributed by atoms with Crippen LogP contribution >= 0.6 is 11.6 Å². The summed E-state index contributed by atoms with van der Waals surface area (Å²) in [6.45, 7) is -1.34. The van der Waals surface area contributed by atoms with Crippen LogP contribution in [0.3, 0.4) is 0 Å². The molecule has 1 aromatic carbocycles. The molecule has 0 saturated heterocycles. The monoisotopic (exact) mass is 317 g/mol. The molecule has 0 bridgehead atoms. The van der Waals surface area contributed by atoms with Crippen LogP contribution in [0.5, 0.6) is 0 Å². The average molecular weight is 318 g/mol. The van der Waals surface area contributed by atoms with Crippen LogP contribution in [-0.2, 0) is 14.8 Å². The number of benzene rings is 1. The Bertz CT molecular complexity index is 570. The highest BCUT2D eigenvalue weighted by molar-refractivity contribution is 7.93. The van der Waals surface area contributed by atoms with Crippen molar-refractivity contribution in [2.75, 3.05) is 10.8 Å². The molecule has 0 aliphatic heterocycles. The lowest BCUT2D eigenvalue weighted by Gasteiger charge is -2.23. The first-order valence-corrected chi connectivity index (χ1v) is 6.44. The average Bonchev–Trinajstić information content (AvgIpc) is 2.25. The summed E-state index contributed by atoms with van der Waals surface area (Å²) in [6.07, 6.45) is 0. The predicted octanol–water partition coefficient (Wildman–Crippen LogP) is 2.08. The Kier molecular flexibility index (Phi) is 4.31. The molecule has 0 heterocycles. The number of aliphatic carboxylic acids is 1. The molecule has 19 heavy (non-hydrogen) atoms. The number of alkyl halides is 3. The van der Waals surface area contributed by atoms with Gasteiger partial charge in [0.05, 0.1) is 5.69 Å². The van der Waals surface area contributed by atoms with Gasteiger partial charge in [0.2, 0.25) is 0 Å². The smallest absolute Gasteiger partial charge is 0.480 e. The first kappa shape index (κ1) is 15.6. The van der Waals surface area contributed by atoms with Crippen LogP contribution in [0, 0.1) is 0 Å². The maximum Gasteiger partial charge on any atom is 0.516 e. The Morgan fingerprint density at radius 3 is 2.11 bits per heavy atom. The van der Waals surface area contributed by atoms with Crippen molar-refractivity contribution in [2.24, 2.45) is 0 Å². The van der Waals surface area contributed by atoms with E-state index in [0.717, 1.165) is 24.3 Å². The van der Waals surface area contributed by atoms with Crippen LogP contribution in [-0.4, -0.2) is 31.5 Å². The van der Waals surface area contributed by atoms with Crippen molar-refractivity contribution < 1.29 is 31.5 Å². The predicted molar refractivity (Wildman–Crippen MR) is 61.4 cm³/mol. The molecule has 5 nitrogen and oxygen atoms in total. The first-order valence-electron chi connectivity index (χ1n) is 4.62. The van der Waals surface area contributed by atoms with Crippen molar-refractivity contribution in [2.45, 2.75) is 5.51 Å². The van der Waals surface area contributed by atoms with E-state index in [1.165, 1.54) is 0 Å². The molecule has 0 aliphatic rings. The molecule has 0 atom stereocenters. The van der Waals surface area contributed by atoms with E-state index in [-0.39, 0.29) is 9.33 Å². The molecule has 0 spiro atoms. The maximum atomic E-state index is 12.5.